The van der Waals surface area contributed by atoms with Gasteiger partial charge in [0, 0.05) is 31.7 Å². The number of carbonyl (C=O) groups excluding carboxylic acids is 1. The molecule has 0 aliphatic carbocycles. The van der Waals surface area contributed by atoms with Gasteiger partial charge in [0.1, 0.15) is 0 Å². The molecule has 0 aliphatic rings. The monoisotopic (exact) mass is 313 g/mol. The first-order valence-electron chi connectivity index (χ1n) is 7.17. The molecule has 1 aromatic rings. The predicted octanol–water partition coefficient (Wildman–Crippen LogP) is 2.23. The Labute approximate surface area is 134 Å². The maximum atomic E-state index is 12.6. The van der Waals surface area contributed by atoms with Gasteiger partial charge in [0.15, 0.2) is 0 Å². The number of amides is 1. The second-order valence-electron chi connectivity index (χ2n) is 5.85. The Morgan fingerprint density at radius 3 is 2.14 bits per heavy atom. The van der Waals surface area contributed by atoms with Crippen LogP contribution in [0.5, 0.6) is 0 Å². The summed E-state index contributed by atoms with van der Waals surface area (Å²) in [6.45, 7) is 7.18. The number of nitrogens with two attached hydrogens (primary N) is 1. The highest BCUT2D eigenvalue weighted by atomic mass is 35.5. The molecule has 0 heterocycles. The fourth-order valence-corrected chi connectivity index (χ4v) is 2.00. The van der Waals surface area contributed by atoms with Gasteiger partial charge in [-0.3, -0.25) is 4.79 Å². The quantitative estimate of drug-likeness (QED) is 0.840. The van der Waals surface area contributed by atoms with E-state index in [1.54, 1.807) is 0 Å². The molecule has 120 valence electrons. The molecular formula is C16H28ClN3O. The van der Waals surface area contributed by atoms with Crippen molar-refractivity contribution in [2.24, 2.45) is 11.7 Å². The molecule has 0 aliphatic heterocycles. The van der Waals surface area contributed by atoms with Crippen molar-refractivity contribution in [2.75, 3.05) is 33.7 Å². The second-order valence-corrected chi connectivity index (χ2v) is 5.85. The molecule has 2 N–H and O–H groups in total. The third-order valence-corrected chi connectivity index (χ3v) is 3.13. The van der Waals surface area contributed by atoms with E-state index in [9.17, 15) is 4.79 Å². The van der Waals surface area contributed by atoms with Crippen LogP contribution in [0.2, 0.25) is 0 Å². The number of likely N-dealkylation sites (N-methyl/N-ethyl adjacent to an activating group) is 1. The van der Waals surface area contributed by atoms with Crippen LogP contribution in [0.4, 0.5) is 0 Å². The van der Waals surface area contributed by atoms with Crippen molar-refractivity contribution in [3.63, 3.8) is 0 Å². The molecule has 1 aromatic carbocycles. The van der Waals surface area contributed by atoms with Crippen molar-refractivity contribution in [3.05, 3.63) is 35.4 Å². The standard InChI is InChI=1S/C16H27N3O.ClH/c1-13(2)12-19(10-9-18(3)4)16(20)15-7-5-14(11-17)6-8-15;/h5-8,13H,9-12,17H2,1-4H3;1H. The zero-order valence-corrected chi connectivity index (χ0v) is 14.3. The van der Waals surface area contributed by atoms with E-state index in [4.69, 9.17) is 5.73 Å². The Kier molecular flexibility index (Phi) is 9.26. The summed E-state index contributed by atoms with van der Waals surface area (Å²) in [6.07, 6.45) is 0. The Bertz CT molecular complexity index is 418. The van der Waals surface area contributed by atoms with Crippen LogP contribution in [0.1, 0.15) is 29.8 Å². The summed E-state index contributed by atoms with van der Waals surface area (Å²) in [7, 11) is 4.04. The van der Waals surface area contributed by atoms with E-state index in [2.05, 4.69) is 18.7 Å². The van der Waals surface area contributed by atoms with E-state index in [1.165, 1.54) is 0 Å². The molecule has 1 rings (SSSR count). The minimum absolute atomic E-state index is 0. The summed E-state index contributed by atoms with van der Waals surface area (Å²) in [5, 5.41) is 0. The average molecular weight is 314 g/mol. The summed E-state index contributed by atoms with van der Waals surface area (Å²) in [5.74, 6) is 0.563. The SMILES string of the molecule is CC(C)CN(CCN(C)C)C(=O)c1ccc(CN)cc1.Cl. The maximum Gasteiger partial charge on any atom is 0.253 e. The van der Waals surface area contributed by atoms with E-state index in [1.807, 2.05) is 43.3 Å². The van der Waals surface area contributed by atoms with Crippen LogP contribution in [-0.4, -0.2) is 49.4 Å². The minimum atomic E-state index is 0. The molecule has 21 heavy (non-hydrogen) atoms. The first-order chi connectivity index (χ1) is 9.43. The molecule has 0 fully saturated rings. The van der Waals surface area contributed by atoms with Crippen LogP contribution >= 0.6 is 12.4 Å². The molecule has 0 saturated heterocycles. The van der Waals surface area contributed by atoms with Gasteiger partial charge in [-0.25, -0.2) is 0 Å². The minimum Gasteiger partial charge on any atom is -0.337 e. The van der Waals surface area contributed by atoms with Gasteiger partial charge in [-0.2, -0.15) is 0 Å². The Morgan fingerprint density at radius 2 is 1.71 bits per heavy atom. The number of hydrogen-bond acceptors (Lipinski definition) is 3. The Hall–Kier alpha value is -1.10. The van der Waals surface area contributed by atoms with Crippen molar-refractivity contribution >= 4 is 18.3 Å². The van der Waals surface area contributed by atoms with Crippen LogP contribution in [0.25, 0.3) is 0 Å². The summed E-state index contributed by atoms with van der Waals surface area (Å²) >= 11 is 0. The summed E-state index contributed by atoms with van der Waals surface area (Å²) in [6, 6.07) is 7.58. The molecule has 0 atom stereocenters. The smallest absolute Gasteiger partial charge is 0.253 e. The molecule has 0 bridgehead atoms. The van der Waals surface area contributed by atoms with Gasteiger partial charge in [0.05, 0.1) is 0 Å². The van der Waals surface area contributed by atoms with Gasteiger partial charge in [0.2, 0.25) is 0 Å². The van der Waals surface area contributed by atoms with E-state index in [0.717, 1.165) is 30.8 Å². The van der Waals surface area contributed by atoms with Crippen LogP contribution in [-0.2, 0) is 6.54 Å². The van der Waals surface area contributed by atoms with Gasteiger partial charge in [0.25, 0.3) is 5.91 Å². The lowest BCUT2D eigenvalue weighted by Gasteiger charge is -2.26. The molecule has 0 saturated carbocycles. The normalized spacial score (nSPS) is 10.6. The lowest BCUT2D eigenvalue weighted by molar-refractivity contribution is 0.0724. The number of rotatable bonds is 7. The molecule has 0 unspecified atom stereocenters. The summed E-state index contributed by atoms with van der Waals surface area (Å²) in [5.41, 5.74) is 7.37. The maximum absolute atomic E-state index is 12.6. The summed E-state index contributed by atoms with van der Waals surface area (Å²) < 4.78 is 0. The molecule has 4 nitrogen and oxygen atoms in total. The number of benzene rings is 1. The summed E-state index contributed by atoms with van der Waals surface area (Å²) in [4.78, 5) is 16.6. The van der Waals surface area contributed by atoms with Crippen LogP contribution in [0.15, 0.2) is 24.3 Å². The Balaban J connectivity index is 0.00000400. The Morgan fingerprint density at radius 1 is 1.14 bits per heavy atom. The molecule has 1 amide bonds. The van der Waals surface area contributed by atoms with E-state index < -0.39 is 0 Å². The molecule has 5 heteroatoms. The van der Waals surface area contributed by atoms with Crippen LogP contribution in [0.3, 0.4) is 0 Å². The average Bonchev–Trinajstić information content (AvgIpc) is 2.42. The highest BCUT2D eigenvalue weighted by Crippen LogP contribution is 2.09. The zero-order valence-electron chi connectivity index (χ0n) is 13.5. The van der Waals surface area contributed by atoms with Gasteiger partial charge >= 0.3 is 0 Å². The van der Waals surface area contributed by atoms with Crippen molar-refractivity contribution in [2.45, 2.75) is 20.4 Å². The topological polar surface area (TPSA) is 49.6 Å². The van der Waals surface area contributed by atoms with Gasteiger partial charge in [-0.15, -0.1) is 12.4 Å². The molecular weight excluding hydrogens is 286 g/mol. The third-order valence-electron chi connectivity index (χ3n) is 3.13. The third kappa shape index (κ3) is 6.93. The van der Waals surface area contributed by atoms with E-state index >= 15 is 0 Å². The highest BCUT2D eigenvalue weighted by molar-refractivity contribution is 5.94. The first kappa shape index (κ1) is 19.9. The number of carbonyl (C=O) groups is 1. The number of nitrogens with zero attached hydrogens (tertiary/aromatic N) is 2. The van der Waals surface area contributed by atoms with Gasteiger partial charge in [-0.05, 0) is 37.7 Å². The number of halogens is 1. The number of hydrogen-bond donors (Lipinski definition) is 1. The van der Waals surface area contributed by atoms with E-state index in [-0.39, 0.29) is 18.3 Å². The van der Waals surface area contributed by atoms with Crippen molar-refractivity contribution in [3.8, 4) is 0 Å². The largest absolute Gasteiger partial charge is 0.337 e. The van der Waals surface area contributed by atoms with Gasteiger partial charge < -0.3 is 15.5 Å². The van der Waals surface area contributed by atoms with Crippen molar-refractivity contribution < 1.29 is 4.79 Å². The van der Waals surface area contributed by atoms with Gasteiger partial charge in [-0.1, -0.05) is 26.0 Å². The second kappa shape index (κ2) is 9.77. The van der Waals surface area contributed by atoms with E-state index in [0.29, 0.717) is 12.5 Å². The molecule has 0 radical (unpaired) electrons. The molecule has 0 aromatic heterocycles. The zero-order chi connectivity index (χ0) is 15.1. The van der Waals surface area contributed by atoms with Crippen molar-refractivity contribution in [1.82, 2.24) is 9.80 Å². The fourth-order valence-electron chi connectivity index (χ4n) is 2.00. The lowest BCUT2D eigenvalue weighted by Crippen LogP contribution is -2.39. The van der Waals surface area contributed by atoms with Crippen molar-refractivity contribution in [1.29, 1.82) is 0 Å². The molecule has 0 spiro atoms. The van der Waals surface area contributed by atoms with Crippen LogP contribution in [0, 0.1) is 5.92 Å². The van der Waals surface area contributed by atoms with Crippen LogP contribution < -0.4 is 5.73 Å². The first-order valence-corrected chi connectivity index (χ1v) is 7.17. The highest BCUT2D eigenvalue weighted by Gasteiger charge is 2.16. The lowest BCUT2D eigenvalue weighted by atomic mass is 10.1. The predicted molar refractivity (Wildman–Crippen MR) is 90.9 cm³/mol. The fraction of sp³-hybridized carbons (Fsp3) is 0.562.